The van der Waals surface area contributed by atoms with E-state index in [1.165, 1.54) is 0 Å². The average Bonchev–Trinajstić information content (AvgIpc) is 3.42. The van der Waals surface area contributed by atoms with Crippen LogP contribution in [-0.2, 0) is 6.54 Å². The van der Waals surface area contributed by atoms with E-state index < -0.39 is 0 Å². The van der Waals surface area contributed by atoms with Gasteiger partial charge in [-0.25, -0.2) is 0 Å². The zero-order chi connectivity index (χ0) is 22.1. The van der Waals surface area contributed by atoms with E-state index in [9.17, 15) is 0 Å². The maximum absolute atomic E-state index is 6.33. The maximum Gasteiger partial charge on any atom is 0.170 e. The molecule has 4 heterocycles. The van der Waals surface area contributed by atoms with Crippen molar-refractivity contribution in [3.63, 3.8) is 0 Å². The van der Waals surface area contributed by atoms with Crippen LogP contribution in [0.5, 0.6) is 0 Å². The summed E-state index contributed by atoms with van der Waals surface area (Å²) in [6, 6.07) is 18.8. The summed E-state index contributed by atoms with van der Waals surface area (Å²) >= 11 is 18.0. The predicted molar refractivity (Wildman–Crippen MR) is 129 cm³/mol. The summed E-state index contributed by atoms with van der Waals surface area (Å²) in [6.07, 6.45) is 5.38. The van der Waals surface area contributed by atoms with Gasteiger partial charge in [-0.05, 0) is 66.3 Å². The van der Waals surface area contributed by atoms with Crippen LogP contribution in [-0.4, -0.2) is 20.0 Å². The van der Waals surface area contributed by atoms with E-state index in [1.807, 2.05) is 54.7 Å². The highest BCUT2D eigenvalue weighted by molar-refractivity contribution is 7.80. The van der Waals surface area contributed by atoms with Crippen molar-refractivity contribution >= 4 is 40.5 Å². The minimum atomic E-state index is -0.186. The first kappa shape index (κ1) is 20.9. The summed E-state index contributed by atoms with van der Waals surface area (Å²) < 4.78 is 6.33. The molecule has 0 aliphatic carbocycles. The molecule has 5 rings (SSSR count). The largest absolute Gasteiger partial charge is 0.459 e. The van der Waals surface area contributed by atoms with E-state index >= 15 is 0 Å². The molecule has 2 atom stereocenters. The lowest BCUT2D eigenvalue weighted by molar-refractivity contribution is 0.269. The standard InChI is InChI=1S/C24H18Cl2N4OS/c25-17-7-6-16(12-18(17)26)20-8-9-21(31-20)23-22(19-5-1-2-11-28-19)29-24(32)30(23)14-15-4-3-10-27-13-15/h1-13,22-23H,14H2,(H,29,32)/t22-,23-/m0/s1. The molecule has 0 unspecified atom stereocenters. The third-order valence-electron chi connectivity index (χ3n) is 5.40. The van der Waals surface area contributed by atoms with Gasteiger partial charge in [-0.2, -0.15) is 0 Å². The Balaban J connectivity index is 1.54. The Bertz CT molecular complexity index is 1250. The molecule has 4 aromatic rings. The molecule has 1 fully saturated rings. The van der Waals surface area contributed by atoms with Gasteiger partial charge >= 0.3 is 0 Å². The first-order chi connectivity index (χ1) is 15.6. The highest BCUT2D eigenvalue weighted by Gasteiger charge is 2.41. The Kier molecular flexibility index (Phi) is 5.83. The van der Waals surface area contributed by atoms with Crippen molar-refractivity contribution in [2.24, 2.45) is 0 Å². The first-order valence-electron chi connectivity index (χ1n) is 10.0. The van der Waals surface area contributed by atoms with Crippen molar-refractivity contribution in [3.05, 3.63) is 106 Å². The molecule has 1 aromatic carbocycles. The Labute approximate surface area is 201 Å². The molecule has 0 saturated carbocycles. The number of nitrogens with zero attached hydrogens (tertiary/aromatic N) is 3. The topological polar surface area (TPSA) is 54.2 Å². The predicted octanol–water partition coefficient (Wildman–Crippen LogP) is 6.22. The van der Waals surface area contributed by atoms with Crippen LogP contribution in [0.4, 0.5) is 0 Å². The average molecular weight is 481 g/mol. The molecule has 8 heteroatoms. The van der Waals surface area contributed by atoms with E-state index in [2.05, 4.69) is 20.2 Å². The lowest BCUT2D eigenvalue weighted by Crippen LogP contribution is -2.29. The summed E-state index contributed by atoms with van der Waals surface area (Å²) in [7, 11) is 0. The second kappa shape index (κ2) is 8.90. The monoisotopic (exact) mass is 480 g/mol. The van der Waals surface area contributed by atoms with Crippen molar-refractivity contribution in [3.8, 4) is 11.3 Å². The molecule has 0 radical (unpaired) electrons. The van der Waals surface area contributed by atoms with E-state index in [0.29, 0.717) is 27.5 Å². The molecule has 0 spiro atoms. The highest BCUT2D eigenvalue weighted by Crippen LogP contribution is 2.41. The summed E-state index contributed by atoms with van der Waals surface area (Å²) in [5.41, 5.74) is 2.80. The van der Waals surface area contributed by atoms with Crippen molar-refractivity contribution < 1.29 is 4.42 Å². The smallest absolute Gasteiger partial charge is 0.170 e. The minimum absolute atomic E-state index is 0.159. The molecular weight excluding hydrogens is 463 g/mol. The Hall–Kier alpha value is -2.93. The van der Waals surface area contributed by atoms with Gasteiger partial charge in [0.15, 0.2) is 5.11 Å². The molecule has 1 aliphatic heterocycles. The quantitative estimate of drug-likeness (QED) is 0.342. The van der Waals surface area contributed by atoms with Gasteiger partial charge in [-0.15, -0.1) is 0 Å². The SMILES string of the molecule is S=C1N[C@@H](c2ccccn2)[C@H](c2ccc(-c3ccc(Cl)c(Cl)c3)o2)N1Cc1cccnc1. The van der Waals surface area contributed by atoms with Gasteiger partial charge < -0.3 is 14.6 Å². The third-order valence-corrected chi connectivity index (χ3v) is 6.49. The number of rotatable bonds is 5. The van der Waals surface area contributed by atoms with Crippen molar-refractivity contribution in [2.75, 3.05) is 0 Å². The molecule has 1 saturated heterocycles. The van der Waals surface area contributed by atoms with Crippen LogP contribution in [0, 0.1) is 0 Å². The number of nitrogens with one attached hydrogen (secondary N) is 1. The van der Waals surface area contributed by atoms with Crippen LogP contribution in [0.3, 0.4) is 0 Å². The van der Waals surface area contributed by atoms with Gasteiger partial charge in [-0.1, -0.05) is 35.3 Å². The van der Waals surface area contributed by atoms with Crippen LogP contribution in [0.15, 0.2) is 83.7 Å². The fraction of sp³-hybridized carbons (Fsp3) is 0.125. The Morgan fingerprint density at radius 3 is 2.66 bits per heavy atom. The summed E-state index contributed by atoms with van der Waals surface area (Å²) in [4.78, 5) is 10.9. The van der Waals surface area contributed by atoms with Gasteiger partial charge in [0.2, 0.25) is 0 Å². The highest BCUT2D eigenvalue weighted by atomic mass is 35.5. The summed E-state index contributed by atoms with van der Waals surface area (Å²) in [5, 5.41) is 5.06. The van der Waals surface area contributed by atoms with E-state index in [0.717, 1.165) is 22.6 Å². The number of aromatic nitrogens is 2. The number of furan rings is 1. The fourth-order valence-corrected chi connectivity index (χ4v) is 4.49. The Morgan fingerprint density at radius 1 is 1.00 bits per heavy atom. The van der Waals surface area contributed by atoms with Gasteiger partial charge in [0.1, 0.15) is 17.6 Å². The maximum atomic E-state index is 6.33. The van der Waals surface area contributed by atoms with Gasteiger partial charge in [-0.3, -0.25) is 9.97 Å². The lowest BCUT2D eigenvalue weighted by Gasteiger charge is -2.26. The summed E-state index contributed by atoms with van der Waals surface area (Å²) in [6.45, 7) is 0.594. The number of halogens is 2. The van der Waals surface area contributed by atoms with E-state index in [4.69, 9.17) is 39.8 Å². The van der Waals surface area contributed by atoms with Crippen molar-refractivity contribution in [1.82, 2.24) is 20.2 Å². The zero-order valence-corrected chi connectivity index (χ0v) is 19.1. The second-order valence-corrected chi connectivity index (χ2v) is 8.65. The number of hydrogen-bond acceptors (Lipinski definition) is 4. The van der Waals surface area contributed by atoms with Crippen LogP contribution in [0.2, 0.25) is 10.0 Å². The van der Waals surface area contributed by atoms with Crippen molar-refractivity contribution in [2.45, 2.75) is 18.6 Å². The van der Waals surface area contributed by atoms with Gasteiger partial charge in [0.05, 0.1) is 21.8 Å². The summed E-state index contributed by atoms with van der Waals surface area (Å²) in [5.74, 6) is 1.48. The Morgan fingerprint density at radius 2 is 1.91 bits per heavy atom. The van der Waals surface area contributed by atoms with E-state index in [-0.39, 0.29) is 12.1 Å². The number of benzene rings is 1. The first-order valence-corrected chi connectivity index (χ1v) is 11.2. The molecule has 0 bridgehead atoms. The second-order valence-electron chi connectivity index (χ2n) is 7.45. The van der Waals surface area contributed by atoms with Crippen LogP contribution < -0.4 is 5.32 Å². The molecule has 3 aromatic heterocycles. The molecule has 1 N–H and O–H groups in total. The number of hydrogen-bond donors (Lipinski definition) is 1. The lowest BCUT2D eigenvalue weighted by atomic mass is 10.0. The zero-order valence-electron chi connectivity index (χ0n) is 16.8. The van der Waals surface area contributed by atoms with Gasteiger partial charge in [0.25, 0.3) is 0 Å². The molecule has 1 aliphatic rings. The van der Waals surface area contributed by atoms with E-state index in [1.54, 1.807) is 24.5 Å². The van der Waals surface area contributed by atoms with Crippen molar-refractivity contribution in [1.29, 1.82) is 0 Å². The normalized spacial score (nSPS) is 18.1. The number of thiocarbonyl (C=S) groups is 1. The fourth-order valence-electron chi connectivity index (χ4n) is 3.89. The molecule has 5 nitrogen and oxygen atoms in total. The van der Waals surface area contributed by atoms with Gasteiger partial charge in [0, 0.05) is 30.7 Å². The van der Waals surface area contributed by atoms with Crippen LogP contribution in [0.1, 0.15) is 29.1 Å². The molecule has 160 valence electrons. The number of pyridine rings is 2. The molecular formula is C24H18Cl2N4OS. The van der Waals surface area contributed by atoms with Crippen LogP contribution >= 0.6 is 35.4 Å². The van der Waals surface area contributed by atoms with Crippen LogP contribution in [0.25, 0.3) is 11.3 Å². The minimum Gasteiger partial charge on any atom is -0.459 e. The third kappa shape index (κ3) is 4.09. The molecule has 0 amide bonds. The molecule has 32 heavy (non-hydrogen) atoms.